The summed E-state index contributed by atoms with van der Waals surface area (Å²) in [4.78, 5) is 2.64. The van der Waals surface area contributed by atoms with Crippen LogP contribution in [-0.2, 0) is 11.2 Å². The Bertz CT molecular complexity index is 657. The van der Waals surface area contributed by atoms with Crippen molar-refractivity contribution in [1.82, 2.24) is 4.90 Å². The van der Waals surface area contributed by atoms with Crippen LogP contribution in [0.25, 0.3) is 0 Å². The second kappa shape index (κ2) is 10.9. The van der Waals surface area contributed by atoms with Gasteiger partial charge in [0.15, 0.2) is 11.5 Å². The van der Waals surface area contributed by atoms with Crippen molar-refractivity contribution in [2.24, 2.45) is 11.8 Å². The number of benzene rings is 1. The molecule has 164 valence electrons. The van der Waals surface area contributed by atoms with Crippen LogP contribution in [0.2, 0.25) is 0 Å². The van der Waals surface area contributed by atoms with Crippen molar-refractivity contribution in [2.45, 2.75) is 45.3 Å². The molecule has 0 unspecified atom stereocenters. The van der Waals surface area contributed by atoms with E-state index in [0.717, 1.165) is 43.2 Å². The lowest BCUT2D eigenvalue weighted by atomic mass is 9.79. The molecule has 1 fully saturated rings. The number of hydrogen-bond donors (Lipinski definition) is 0. The van der Waals surface area contributed by atoms with Crippen LogP contribution in [0.4, 0.5) is 4.39 Å². The van der Waals surface area contributed by atoms with Crippen molar-refractivity contribution in [1.29, 1.82) is 0 Å². The van der Waals surface area contributed by atoms with Crippen LogP contribution in [0.5, 0.6) is 11.5 Å². The maximum absolute atomic E-state index is 12.3. The first-order chi connectivity index (χ1) is 14.1. The summed E-state index contributed by atoms with van der Waals surface area (Å²) in [6.45, 7) is 7.20. The molecule has 2 aliphatic rings. The van der Waals surface area contributed by atoms with Crippen molar-refractivity contribution in [3.8, 4) is 11.5 Å². The lowest BCUT2D eigenvalue weighted by Crippen LogP contribution is -2.49. The quantitative estimate of drug-likeness (QED) is 0.506. The van der Waals surface area contributed by atoms with Crippen LogP contribution in [0.3, 0.4) is 0 Å². The second-order valence-electron chi connectivity index (χ2n) is 8.50. The lowest BCUT2D eigenvalue weighted by Gasteiger charge is -2.47. The number of nitrogens with zero attached hydrogens (tertiary/aromatic N) is 1. The van der Waals surface area contributed by atoms with Gasteiger partial charge in [-0.1, -0.05) is 13.8 Å². The van der Waals surface area contributed by atoms with Crippen LogP contribution in [0.15, 0.2) is 12.1 Å². The van der Waals surface area contributed by atoms with Gasteiger partial charge in [0.1, 0.15) is 0 Å². The molecule has 4 nitrogen and oxygen atoms in total. The largest absolute Gasteiger partial charge is 0.493 e. The molecule has 1 aromatic carbocycles. The highest BCUT2D eigenvalue weighted by atomic mass is 32.2. The summed E-state index contributed by atoms with van der Waals surface area (Å²) in [5.41, 5.74) is 2.72. The SMILES string of the molecule is COc1cc2c(cc1OC)[C@H]1C[C@@H](OCCSCC[18F])[C@H](CC(C)C)CN1CC2. The fourth-order valence-corrected chi connectivity index (χ4v) is 5.38. The molecule has 1 aromatic rings. The number of alkyl halides is 1. The molecule has 0 N–H and O–H groups in total. The van der Waals surface area contributed by atoms with E-state index in [9.17, 15) is 4.39 Å². The van der Waals surface area contributed by atoms with Crippen molar-refractivity contribution in [3.05, 3.63) is 23.3 Å². The normalized spacial score (nSPS) is 24.3. The smallest absolute Gasteiger partial charge is 0.161 e. The number of thioether (sulfide) groups is 1. The third kappa shape index (κ3) is 5.59. The number of halogens is 1. The maximum Gasteiger partial charge on any atom is 0.161 e. The summed E-state index contributed by atoms with van der Waals surface area (Å²) in [5.74, 6) is 4.26. The second-order valence-corrected chi connectivity index (χ2v) is 9.73. The van der Waals surface area contributed by atoms with Gasteiger partial charge in [-0.3, -0.25) is 9.29 Å². The Morgan fingerprint density at radius 3 is 2.62 bits per heavy atom. The van der Waals surface area contributed by atoms with Gasteiger partial charge in [0, 0.05) is 30.6 Å². The molecule has 3 rings (SSSR count). The zero-order chi connectivity index (χ0) is 20.8. The molecule has 3 atom stereocenters. The van der Waals surface area contributed by atoms with E-state index in [2.05, 4.69) is 30.9 Å². The zero-order valence-corrected chi connectivity index (χ0v) is 19.1. The minimum Gasteiger partial charge on any atom is -0.493 e. The summed E-state index contributed by atoms with van der Waals surface area (Å²) < 4.78 is 29.8. The maximum atomic E-state index is 12.3. The molecule has 2 aliphatic heterocycles. The zero-order valence-electron chi connectivity index (χ0n) is 18.3. The molecule has 0 radical (unpaired) electrons. The first kappa shape index (κ1) is 22.7. The van der Waals surface area contributed by atoms with Crippen LogP contribution >= 0.6 is 11.8 Å². The molecule has 6 heteroatoms. The average molecular weight is 425 g/mol. The Hall–Kier alpha value is -0.980. The molecule has 0 aliphatic carbocycles. The molecule has 0 bridgehead atoms. The average Bonchev–Trinajstić information content (AvgIpc) is 2.72. The predicted octanol–water partition coefficient (Wildman–Crippen LogP) is 4.76. The monoisotopic (exact) mass is 424 g/mol. The van der Waals surface area contributed by atoms with Crippen LogP contribution in [0.1, 0.15) is 43.9 Å². The van der Waals surface area contributed by atoms with E-state index < -0.39 is 0 Å². The summed E-state index contributed by atoms with van der Waals surface area (Å²) in [6.07, 6.45) is 3.49. The highest BCUT2D eigenvalue weighted by Gasteiger charge is 2.40. The van der Waals surface area contributed by atoms with Gasteiger partial charge in [0.25, 0.3) is 0 Å². The number of ether oxygens (including phenoxy) is 3. The molecule has 2 heterocycles. The molecular weight excluding hydrogens is 388 g/mol. The van der Waals surface area contributed by atoms with Gasteiger partial charge in [-0.25, -0.2) is 0 Å². The Morgan fingerprint density at radius 1 is 1.17 bits per heavy atom. The van der Waals surface area contributed by atoms with E-state index in [0.29, 0.717) is 30.2 Å². The lowest BCUT2D eigenvalue weighted by molar-refractivity contribution is -0.0590. The van der Waals surface area contributed by atoms with Gasteiger partial charge in [0.05, 0.1) is 33.6 Å². The number of fused-ring (bicyclic) bond motifs is 3. The molecule has 1 saturated heterocycles. The predicted molar refractivity (Wildman–Crippen MR) is 118 cm³/mol. The van der Waals surface area contributed by atoms with Crippen molar-refractivity contribution >= 4 is 11.8 Å². The third-order valence-electron chi connectivity index (χ3n) is 6.12. The van der Waals surface area contributed by atoms with Crippen LogP contribution in [-0.4, -0.2) is 63.1 Å². The molecule has 29 heavy (non-hydrogen) atoms. The van der Waals surface area contributed by atoms with Gasteiger partial charge in [-0.2, -0.15) is 11.8 Å². The standard InChI is InChI=1S/C23H36FNO3S/c1-16(2)11-18-15-25-7-5-17-12-22(26-3)23(27-4)13-19(17)20(25)14-21(18)28-8-10-29-9-6-24/h12-13,16,18,20-21H,5-11,14-15H2,1-4H3/t18-,20-,21-/m1/s1/i24-1. The van der Waals surface area contributed by atoms with Crippen molar-refractivity contribution in [2.75, 3.05) is 52.1 Å². The van der Waals surface area contributed by atoms with E-state index in [1.807, 2.05) is 0 Å². The first-order valence-corrected chi connectivity index (χ1v) is 12.0. The molecular formula is C23H36FNO3S. The van der Waals surface area contributed by atoms with Gasteiger partial charge in [0.2, 0.25) is 0 Å². The Kier molecular flexibility index (Phi) is 8.51. The third-order valence-corrected chi connectivity index (χ3v) is 7.02. The number of hydrogen-bond acceptors (Lipinski definition) is 5. The van der Waals surface area contributed by atoms with E-state index >= 15 is 0 Å². The molecule has 0 spiro atoms. The van der Waals surface area contributed by atoms with Gasteiger partial charge >= 0.3 is 0 Å². The molecule has 0 aromatic heterocycles. The number of rotatable bonds is 10. The summed E-state index contributed by atoms with van der Waals surface area (Å²) in [6, 6.07) is 4.68. The fourth-order valence-electron chi connectivity index (χ4n) is 4.86. The van der Waals surface area contributed by atoms with E-state index in [4.69, 9.17) is 14.2 Å². The van der Waals surface area contributed by atoms with E-state index in [-0.39, 0.29) is 12.8 Å². The highest BCUT2D eigenvalue weighted by Crippen LogP contribution is 2.44. The minimum atomic E-state index is -0.261. The Labute approximate surface area is 179 Å². The first-order valence-electron chi connectivity index (χ1n) is 10.8. The van der Waals surface area contributed by atoms with Crippen molar-refractivity contribution in [3.63, 3.8) is 0 Å². The Morgan fingerprint density at radius 2 is 1.93 bits per heavy atom. The van der Waals surface area contributed by atoms with Crippen molar-refractivity contribution < 1.29 is 18.6 Å². The van der Waals surface area contributed by atoms with Crippen LogP contribution < -0.4 is 9.47 Å². The summed E-state index contributed by atoms with van der Waals surface area (Å²) in [5, 5.41) is 0. The van der Waals surface area contributed by atoms with E-state index in [1.54, 1.807) is 26.0 Å². The summed E-state index contributed by atoms with van der Waals surface area (Å²) in [7, 11) is 3.40. The van der Waals surface area contributed by atoms with Gasteiger partial charge in [-0.15, -0.1) is 0 Å². The topological polar surface area (TPSA) is 30.9 Å². The molecule has 0 saturated carbocycles. The van der Waals surface area contributed by atoms with Gasteiger partial charge in [-0.05, 0) is 54.4 Å². The minimum absolute atomic E-state index is 0.253. The van der Waals surface area contributed by atoms with Gasteiger partial charge < -0.3 is 14.2 Å². The fraction of sp³-hybridized carbons (Fsp3) is 0.739. The molecule has 0 amide bonds. The summed E-state index contributed by atoms with van der Waals surface area (Å²) >= 11 is 1.64. The van der Waals surface area contributed by atoms with Crippen LogP contribution in [0, 0.1) is 11.8 Å². The number of methoxy groups -OCH3 is 2. The highest BCUT2D eigenvalue weighted by molar-refractivity contribution is 7.99. The number of piperidine rings is 1. The van der Waals surface area contributed by atoms with E-state index in [1.165, 1.54) is 17.5 Å². The Balaban J connectivity index is 1.76.